The van der Waals surface area contributed by atoms with Gasteiger partial charge in [-0.2, -0.15) is 0 Å². The van der Waals surface area contributed by atoms with Gasteiger partial charge in [-0.1, -0.05) is 84.9 Å². The van der Waals surface area contributed by atoms with Gasteiger partial charge in [-0.15, -0.1) is 0 Å². The second-order valence-electron chi connectivity index (χ2n) is 11.8. The monoisotopic (exact) mass is 615 g/mol. The average molecular weight is 616 g/mol. The van der Waals surface area contributed by atoms with E-state index in [0.29, 0.717) is 0 Å². The molecule has 7 aromatic rings. The Balaban J connectivity index is 1.48. The Morgan fingerprint density at radius 1 is 0.396 bits per heavy atom. The van der Waals surface area contributed by atoms with Crippen molar-refractivity contribution in [3.63, 3.8) is 0 Å². The molecule has 8 bridgehead atoms. The fraction of sp³-hybridized carbons (Fsp3) is 0. The van der Waals surface area contributed by atoms with Gasteiger partial charge in [0.05, 0.1) is 33.8 Å². The van der Waals surface area contributed by atoms with Gasteiger partial charge in [0.1, 0.15) is 5.82 Å². The summed E-state index contributed by atoms with van der Waals surface area (Å²) in [7, 11) is 0. The van der Waals surface area contributed by atoms with Crippen molar-refractivity contribution in [1.29, 1.82) is 0 Å². The first-order valence-electron chi connectivity index (χ1n) is 16.0. The second kappa shape index (κ2) is 11.6. The molecule has 5 nitrogen and oxygen atoms in total. The molecule has 0 unspecified atom stereocenters. The molecule has 5 heteroatoms. The Hall–Kier alpha value is -6.59. The molecule has 9 rings (SSSR count). The van der Waals surface area contributed by atoms with E-state index < -0.39 is 0 Å². The zero-order valence-electron chi connectivity index (χ0n) is 26.0. The van der Waals surface area contributed by atoms with Crippen LogP contribution in [0.15, 0.2) is 152 Å². The molecule has 48 heavy (non-hydrogen) atoms. The largest absolute Gasteiger partial charge is 0.309 e. The van der Waals surface area contributed by atoms with Crippen molar-refractivity contribution in [3.05, 3.63) is 175 Å². The van der Waals surface area contributed by atoms with E-state index in [1.807, 2.05) is 24.4 Å². The van der Waals surface area contributed by atoms with Gasteiger partial charge in [0.25, 0.3) is 0 Å². The summed E-state index contributed by atoms with van der Waals surface area (Å²) in [6.07, 6.45) is 10.2. The Morgan fingerprint density at radius 3 is 1.33 bits per heavy atom. The van der Waals surface area contributed by atoms with Crippen molar-refractivity contribution >= 4 is 46.4 Å². The van der Waals surface area contributed by atoms with Crippen LogP contribution in [0.4, 0.5) is 0 Å². The molecule has 2 aliphatic rings. The van der Waals surface area contributed by atoms with Gasteiger partial charge in [-0.25, -0.2) is 15.0 Å². The third-order valence-corrected chi connectivity index (χ3v) is 8.73. The van der Waals surface area contributed by atoms with Crippen LogP contribution in [0.3, 0.4) is 0 Å². The highest BCUT2D eigenvalue weighted by Gasteiger charge is 2.21. The Kier molecular flexibility index (Phi) is 6.72. The van der Waals surface area contributed by atoms with Crippen molar-refractivity contribution in [1.82, 2.24) is 24.1 Å². The van der Waals surface area contributed by atoms with Crippen LogP contribution in [-0.2, 0) is 0 Å². The van der Waals surface area contributed by atoms with Crippen molar-refractivity contribution < 1.29 is 0 Å². The Morgan fingerprint density at radius 2 is 0.854 bits per heavy atom. The molecular formula is C43H29N5. The maximum Gasteiger partial charge on any atom is 0.137 e. The highest BCUT2D eigenvalue weighted by Crippen LogP contribution is 2.43. The molecule has 6 heterocycles. The van der Waals surface area contributed by atoms with Gasteiger partial charge in [-0.05, 0) is 96.1 Å². The highest BCUT2D eigenvalue weighted by atomic mass is 15.1. The molecule has 0 aliphatic carbocycles. The first-order valence-corrected chi connectivity index (χ1v) is 16.0. The van der Waals surface area contributed by atoms with Crippen LogP contribution >= 0.6 is 0 Å². The van der Waals surface area contributed by atoms with E-state index in [4.69, 9.17) is 9.97 Å². The van der Waals surface area contributed by atoms with Crippen molar-refractivity contribution in [2.24, 2.45) is 0 Å². The number of nitrogens with zero attached hydrogens (tertiary/aromatic N) is 5. The first kappa shape index (κ1) is 27.7. The Bertz CT molecular complexity index is 2390. The van der Waals surface area contributed by atoms with E-state index in [0.717, 1.165) is 78.6 Å². The zero-order chi connectivity index (χ0) is 31.9. The quantitative estimate of drug-likeness (QED) is 0.198. The summed E-state index contributed by atoms with van der Waals surface area (Å²) < 4.78 is 4.50. The van der Waals surface area contributed by atoms with Crippen LogP contribution in [0, 0.1) is 0 Å². The van der Waals surface area contributed by atoms with Crippen LogP contribution in [0.1, 0.15) is 22.8 Å². The summed E-state index contributed by atoms with van der Waals surface area (Å²) in [4.78, 5) is 15.0. The molecule has 0 N–H and O–H groups in total. The summed E-state index contributed by atoms with van der Waals surface area (Å²) in [6, 6.07) is 50.7. The van der Waals surface area contributed by atoms with E-state index in [9.17, 15) is 0 Å². The predicted molar refractivity (Wildman–Crippen MR) is 197 cm³/mol. The van der Waals surface area contributed by atoms with Crippen LogP contribution in [0.5, 0.6) is 0 Å². The maximum absolute atomic E-state index is 5.13. The number of fused-ring (bicyclic) bond motifs is 8. The summed E-state index contributed by atoms with van der Waals surface area (Å²) in [5, 5.41) is 0. The lowest BCUT2D eigenvalue weighted by molar-refractivity contribution is 1.08. The molecule has 0 amide bonds. The third kappa shape index (κ3) is 4.95. The number of para-hydroxylation sites is 1. The van der Waals surface area contributed by atoms with Crippen molar-refractivity contribution in [2.75, 3.05) is 0 Å². The van der Waals surface area contributed by atoms with Crippen LogP contribution in [0.2, 0.25) is 0 Å². The lowest BCUT2D eigenvalue weighted by Crippen LogP contribution is -1.96. The molecule has 0 radical (unpaired) electrons. The smallest absolute Gasteiger partial charge is 0.137 e. The molecule has 0 atom stereocenters. The van der Waals surface area contributed by atoms with Gasteiger partial charge in [0.2, 0.25) is 0 Å². The molecule has 0 saturated carbocycles. The van der Waals surface area contributed by atoms with Crippen molar-refractivity contribution in [2.45, 2.75) is 0 Å². The molecule has 0 saturated heterocycles. The van der Waals surface area contributed by atoms with Crippen LogP contribution < -0.4 is 0 Å². The standard InChI is InChI=1S/C43H29N5/c1-4-12-30(13-5-1)42-39-28-34-21-19-32(45-34)26-37-23-24-38(47(37)41-18-10-11-25-44-41)27-33-20-22-35(46-33)29-40(43(42)31-14-6-2-7-15-31)48(39)36-16-8-3-9-17-36/h1-29H. The molecular weight excluding hydrogens is 587 g/mol. The summed E-state index contributed by atoms with van der Waals surface area (Å²) >= 11 is 0. The van der Waals surface area contributed by atoms with Crippen LogP contribution in [-0.4, -0.2) is 24.1 Å². The number of hydrogen-bond acceptors (Lipinski definition) is 3. The molecule has 3 aromatic carbocycles. The molecule has 226 valence electrons. The normalized spacial score (nSPS) is 12.0. The van der Waals surface area contributed by atoms with Gasteiger partial charge >= 0.3 is 0 Å². The molecule has 0 spiro atoms. The minimum absolute atomic E-state index is 0.838. The van der Waals surface area contributed by atoms with E-state index in [1.165, 1.54) is 0 Å². The number of hydrogen-bond donors (Lipinski definition) is 0. The number of benzene rings is 3. The lowest BCUT2D eigenvalue weighted by atomic mass is 9.96. The lowest BCUT2D eigenvalue weighted by Gasteiger charge is -2.08. The van der Waals surface area contributed by atoms with E-state index in [1.54, 1.807) is 0 Å². The van der Waals surface area contributed by atoms with Crippen LogP contribution in [0.25, 0.3) is 80.1 Å². The fourth-order valence-corrected chi connectivity index (χ4v) is 6.67. The molecule has 0 fully saturated rings. The number of aromatic nitrogens is 5. The molecule has 2 aliphatic heterocycles. The highest BCUT2D eigenvalue weighted by molar-refractivity contribution is 6.05. The predicted octanol–water partition coefficient (Wildman–Crippen LogP) is 10.3. The number of pyridine rings is 1. The number of rotatable bonds is 4. The molecule has 4 aromatic heterocycles. The van der Waals surface area contributed by atoms with E-state index in [2.05, 4.69) is 166 Å². The SMILES string of the molecule is C1=Cc2cc3c(-c4ccccc4)c(-c4ccccc4)c(cc4nc(cc5ccc(cc1n2)n5-c1ccccn1)C=C4)n3-c1ccccc1. The minimum atomic E-state index is 0.838. The topological polar surface area (TPSA) is 48.5 Å². The van der Waals surface area contributed by atoms with E-state index in [-0.39, 0.29) is 0 Å². The fourth-order valence-electron chi connectivity index (χ4n) is 6.67. The van der Waals surface area contributed by atoms with Gasteiger partial charge < -0.3 is 4.57 Å². The minimum Gasteiger partial charge on any atom is -0.309 e. The van der Waals surface area contributed by atoms with Gasteiger partial charge in [-0.3, -0.25) is 4.57 Å². The summed E-state index contributed by atoms with van der Waals surface area (Å²) in [5.74, 6) is 0.838. The maximum atomic E-state index is 5.13. The van der Waals surface area contributed by atoms with E-state index >= 15 is 0 Å². The summed E-state index contributed by atoms with van der Waals surface area (Å²) in [6.45, 7) is 0. The summed E-state index contributed by atoms with van der Waals surface area (Å²) in [5.41, 5.74) is 13.2. The van der Waals surface area contributed by atoms with Gasteiger partial charge in [0.15, 0.2) is 0 Å². The average Bonchev–Trinajstić information content (AvgIpc) is 3.93. The zero-order valence-corrected chi connectivity index (χ0v) is 26.0. The second-order valence-corrected chi connectivity index (χ2v) is 11.8. The Labute approximate surface area is 278 Å². The first-order chi connectivity index (χ1) is 23.8. The van der Waals surface area contributed by atoms with Crippen molar-refractivity contribution in [3.8, 4) is 33.8 Å². The third-order valence-electron chi connectivity index (χ3n) is 8.73. The van der Waals surface area contributed by atoms with Gasteiger partial charge in [0, 0.05) is 34.0 Å².